The number of rotatable bonds is 7. The maximum absolute atomic E-state index is 12.1. The number of ether oxygens (including phenoxy) is 1. The molecule has 0 bridgehead atoms. The molecule has 122 valence electrons. The number of benzene rings is 1. The first-order valence-electron chi connectivity index (χ1n) is 6.26. The van der Waals surface area contributed by atoms with Crippen LogP contribution in [0.3, 0.4) is 0 Å². The first-order chi connectivity index (χ1) is 10.2. The van der Waals surface area contributed by atoms with E-state index < -0.39 is 36.3 Å². The van der Waals surface area contributed by atoms with E-state index in [1.165, 1.54) is 18.2 Å². The molecule has 3 atom stereocenters. The lowest BCUT2D eigenvalue weighted by atomic mass is 10.2. The molecule has 2 unspecified atom stereocenters. The molecule has 0 aliphatic rings. The minimum Gasteiger partial charge on any atom is -0.468 e. The molecule has 0 spiro atoms. The molecule has 10 heteroatoms. The summed E-state index contributed by atoms with van der Waals surface area (Å²) in [5, 5.41) is 20.6. The third-order valence-corrected chi connectivity index (χ3v) is 4.99. The van der Waals surface area contributed by atoms with Crippen molar-refractivity contribution in [3.05, 3.63) is 39.9 Å². The van der Waals surface area contributed by atoms with Gasteiger partial charge < -0.3 is 20.5 Å². The summed E-state index contributed by atoms with van der Waals surface area (Å²) in [6.07, 6.45) is -0.584. The quantitative estimate of drug-likeness (QED) is 0.286. The van der Waals surface area contributed by atoms with Gasteiger partial charge in [-0.15, -0.1) is 0 Å². The molecule has 22 heavy (non-hydrogen) atoms. The molecule has 0 aliphatic carbocycles. The van der Waals surface area contributed by atoms with Crippen LogP contribution in [0.1, 0.15) is 17.8 Å². The topological polar surface area (TPSA) is 153 Å². The van der Waals surface area contributed by atoms with Crippen molar-refractivity contribution in [2.24, 2.45) is 5.73 Å². The zero-order chi connectivity index (χ0) is 16.9. The number of nitro groups is 1. The Labute approximate surface area is 126 Å². The van der Waals surface area contributed by atoms with Gasteiger partial charge in [0.1, 0.15) is 6.04 Å². The van der Waals surface area contributed by atoms with Gasteiger partial charge in [-0.1, -0.05) is 12.1 Å². The molecule has 1 aromatic carbocycles. The van der Waals surface area contributed by atoms with Crippen molar-refractivity contribution < 1.29 is 29.0 Å². The Morgan fingerprint density at radius 3 is 2.73 bits per heavy atom. The van der Waals surface area contributed by atoms with Gasteiger partial charge in [0.15, 0.2) is 5.85 Å². The van der Waals surface area contributed by atoms with Gasteiger partial charge in [0.2, 0.25) is 7.37 Å². The molecule has 0 amide bonds. The summed E-state index contributed by atoms with van der Waals surface area (Å²) in [5.74, 6) is -2.53. The lowest BCUT2D eigenvalue weighted by Crippen LogP contribution is -2.32. The first-order valence-corrected chi connectivity index (χ1v) is 8.17. The average molecular weight is 332 g/mol. The molecular weight excluding hydrogens is 315 g/mol. The zero-order valence-corrected chi connectivity index (χ0v) is 12.7. The Bertz CT molecular complexity index is 607. The number of non-ortho nitro benzene ring substituents is 1. The van der Waals surface area contributed by atoms with Crippen LogP contribution in [0.4, 0.5) is 5.69 Å². The van der Waals surface area contributed by atoms with Gasteiger partial charge >= 0.3 is 5.97 Å². The summed E-state index contributed by atoms with van der Waals surface area (Å²) in [7, 11) is -2.98. The van der Waals surface area contributed by atoms with Crippen LogP contribution in [-0.4, -0.2) is 40.2 Å². The molecule has 4 N–H and O–H groups in total. The number of aliphatic hydroxyl groups is 1. The molecular formula is C12H17N2O7P. The molecule has 0 fully saturated rings. The molecule has 0 radical (unpaired) electrons. The lowest BCUT2D eigenvalue weighted by molar-refractivity contribution is -0.384. The lowest BCUT2D eigenvalue weighted by Gasteiger charge is -2.19. The van der Waals surface area contributed by atoms with Gasteiger partial charge in [-0.2, -0.15) is 0 Å². The largest absolute Gasteiger partial charge is 0.468 e. The van der Waals surface area contributed by atoms with Crippen LogP contribution in [0.5, 0.6) is 0 Å². The first kappa shape index (κ1) is 18.2. The van der Waals surface area contributed by atoms with Crippen molar-refractivity contribution in [3.63, 3.8) is 0 Å². The number of hydrogen-bond acceptors (Lipinski definition) is 7. The van der Waals surface area contributed by atoms with Crippen molar-refractivity contribution in [2.75, 3.05) is 13.3 Å². The Morgan fingerprint density at radius 1 is 1.55 bits per heavy atom. The van der Waals surface area contributed by atoms with E-state index in [9.17, 15) is 29.5 Å². The van der Waals surface area contributed by atoms with Crippen molar-refractivity contribution in [3.8, 4) is 0 Å². The molecule has 0 saturated carbocycles. The fourth-order valence-corrected chi connectivity index (χ4v) is 3.27. The molecule has 1 rings (SSSR count). The number of nitro benzene ring substituents is 1. The highest BCUT2D eigenvalue weighted by atomic mass is 31.2. The second-order valence-corrected chi connectivity index (χ2v) is 7.07. The maximum Gasteiger partial charge on any atom is 0.322 e. The number of nitrogens with two attached hydrogens (primary N) is 1. The normalized spacial score (nSPS) is 16.4. The fourth-order valence-electron chi connectivity index (χ4n) is 1.75. The summed E-state index contributed by atoms with van der Waals surface area (Å²) in [6, 6.07) is 3.75. The molecule has 0 heterocycles. The van der Waals surface area contributed by atoms with Gasteiger partial charge in [-0.3, -0.25) is 19.5 Å². The summed E-state index contributed by atoms with van der Waals surface area (Å²) in [6.45, 7) is 0. The third kappa shape index (κ3) is 4.60. The van der Waals surface area contributed by atoms with E-state index in [1.807, 2.05) is 0 Å². The van der Waals surface area contributed by atoms with Crippen molar-refractivity contribution in [1.82, 2.24) is 0 Å². The monoisotopic (exact) mass is 332 g/mol. The zero-order valence-electron chi connectivity index (χ0n) is 11.8. The summed E-state index contributed by atoms with van der Waals surface area (Å²) in [4.78, 5) is 31.0. The number of methoxy groups -OCH3 is 1. The molecule has 0 aromatic heterocycles. The SMILES string of the molecule is COC(=O)[C@@H](N)CCP(=O)(O)C(O)c1cccc([N+](=O)[O-])c1. The van der Waals surface area contributed by atoms with Gasteiger partial charge in [-0.25, -0.2) is 0 Å². The van der Waals surface area contributed by atoms with Crippen LogP contribution in [0.15, 0.2) is 24.3 Å². The van der Waals surface area contributed by atoms with Crippen LogP contribution >= 0.6 is 7.37 Å². The number of nitrogens with zero attached hydrogens (tertiary/aromatic N) is 1. The van der Waals surface area contributed by atoms with E-state index in [2.05, 4.69) is 4.74 Å². The maximum atomic E-state index is 12.1. The van der Waals surface area contributed by atoms with Gasteiger partial charge in [0, 0.05) is 18.3 Å². The van der Waals surface area contributed by atoms with Crippen LogP contribution in [0, 0.1) is 10.1 Å². The van der Waals surface area contributed by atoms with Crippen LogP contribution < -0.4 is 5.73 Å². The minimum absolute atomic E-state index is 0.0494. The highest BCUT2D eigenvalue weighted by molar-refractivity contribution is 7.58. The molecule has 0 aliphatic heterocycles. The van der Waals surface area contributed by atoms with E-state index in [4.69, 9.17) is 5.73 Å². The predicted molar refractivity (Wildman–Crippen MR) is 77.4 cm³/mol. The second kappa shape index (κ2) is 7.46. The van der Waals surface area contributed by atoms with E-state index in [1.54, 1.807) is 0 Å². The highest BCUT2D eigenvalue weighted by Gasteiger charge is 2.32. The van der Waals surface area contributed by atoms with E-state index in [0.29, 0.717) is 0 Å². The van der Waals surface area contributed by atoms with Crippen LogP contribution in [-0.2, 0) is 14.1 Å². The summed E-state index contributed by atoms with van der Waals surface area (Å²) < 4.78 is 16.5. The van der Waals surface area contributed by atoms with Gasteiger partial charge in [0.25, 0.3) is 5.69 Å². The van der Waals surface area contributed by atoms with Gasteiger partial charge in [-0.05, 0) is 12.0 Å². The van der Waals surface area contributed by atoms with Crippen molar-refractivity contribution in [1.29, 1.82) is 0 Å². The standard InChI is InChI=1S/C12H17N2O7P/c1-21-11(15)10(13)5-6-22(19,20)12(16)8-3-2-4-9(7-8)14(17)18/h2-4,7,10,12,16H,5-6,13H2,1H3,(H,19,20)/t10-,12?/m0/s1. The molecule has 1 aromatic rings. The van der Waals surface area contributed by atoms with E-state index in [0.717, 1.165) is 13.2 Å². The smallest absolute Gasteiger partial charge is 0.322 e. The Balaban J connectivity index is 2.84. The third-order valence-electron chi connectivity index (χ3n) is 3.03. The van der Waals surface area contributed by atoms with Crippen molar-refractivity contribution >= 4 is 19.0 Å². The number of hydrogen-bond donors (Lipinski definition) is 3. The second-order valence-electron chi connectivity index (χ2n) is 4.62. The number of carbonyl (C=O) groups is 1. The Kier molecular flexibility index (Phi) is 6.19. The molecule has 0 saturated heterocycles. The van der Waals surface area contributed by atoms with Gasteiger partial charge in [0.05, 0.1) is 12.0 Å². The predicted octanol–water partition coefficient (Wildman–Crippen LogP) is 0.746. The van der Waals surface area contributed by atoms with Crippen LogP contribution in [0.2, 0.25) is 0 Å². The van der Waals surface area contributed by atoms with Crippen LogP contribution in [0.25, 0.3) is 0 Å². The van der Waals surface area contributed by atoms with E-state index >= 15 is 0 Å². The Hall–Kier alpha value is -1.80. The number of aliphatic hydroxyl groups excluding tert-OH is 1. The minimum atomic E-state index is -4.11. The van der Waals surface area contributed by atoms with Crippen molar-refractivity contribution in [2.45, 2.75) is 18.3 Å². The van der Waals surface area contributed by atoms with E-state index in [-0.39, 0.29) is 17.7 Å². The summed E-state index contributed by atoms with van der Waals surface area (Å²) in [5.41, 5.74) is 5.11. The number of carbonyl (C=O) groups excluding carboxylic acids is 1. The average Bonchev–Trinajstić information content (AvgIpc) is 2.51. The number of esters is 1. The molecule has 9 nitrogen and oxygen atoms in total. The highest BCUT2D eigenvalue weighted by Crippen LogP contribution is 2.54. The Morgan fingerprint density at radius 2 is 2.18 bits per heavy atom. The fraction of sp³-hybridized carbons (Fsp3) is 0.417. The summed E-state index contributed by atoms with van der Waals surface area (Å²) >= 11 is 0.